The Balaban J connectivity index is 2.23. The number of aromatic nitrogens is 3. The summed E-state index contributed by atoms with van der Waals surface area (Å²) in [5.74, 6) is 0.873. The smallest absolute Gasteiger partial charge is 0.176 e. The van der Waals surface area contributed by atoms with E-state index in [0.717, 1.165) is 27.0 Å². The Labute approximate surface area is 121 Å². The SMILES string of the molecule is CSc1nc2ncnc(NCC(C)(C)N(C)C)c2s1. The van der Waals surface area contributed by atoms with Crippen LogP contribution in [0.1, 0.15) is 13.8 Å². The predicted octanol–water partition coefficient (Wildman–Crippen LogP) is 2.56. The Morgan fingerprint density at radius 2 is 2.11 bits per heavy atom. The average Bonchev–Trinajstić information content (AvgIpc) is 2.79. The third-order valence-electron chi connectivity index (χ3n) is 3.25. The second-order valence-electron chi connectivity index (χ2n) is 5.12. The van der Waals surface area contributed by atoms with Gasteiger partial charge in [0.2, 0.25) is 0 Å². The Morgan fingerprint density at radius 3 is 2.74 bits per heavy atom. The molecule has 104 valence electrons. The highest BCUT2D eigenvalue weighted by Gasteiger charge is 2.21. The number of nitrogens with one attached hydrogen (secondary N) is 1. The maximum Gasteiger partial charge on any atom is 0.176 e. The van der Waals surface area contributed by atoms with E-state index in [4.69, 9.17) is 0 Å². The van der Waals surface area contributed by atoms with E-state index in [1.807, 2.05) is 6.26 Å². The van der Waals surface area contributed by atoms with Crippen LogP contribution in [0.4, 0.5) is 5.82 Å². The van der Waals surface area contributed by atoms with Crippen molar-refractivity contribution in [3.05, 3.63) is 6.33 Å². The lowest BCUT2D eigenvalue weighted by Crippen LogP contribution is -2.44. The molecule has 0 aliphatic heterocycles. The van der Waals surface area contributed by atoms with Crippen LogP contribution in [0.15, 0.2) is 10.7 Å². The lowest BCUT2D eigenvalue weighted by molar-refractivity contribution is 0.210. The number of likely N-dealkylation sites (N-methyl/N-ethyl adjacent to an activating group) is 1. The van der Waals surface area contributed by atoms with Gasteiger partial charge in [-0.05, 0) is 34.2 Å². The van der Waals surface area contributed by atoms with Gasteiger partial charge in [0.05, 0.1) is 0 Å². The van der Waals surface area contributed by atoms with Crippen LogP contribution in [0.25, 0.3) is 10.3 Å². The number of thiazole rings is 1. The molecule has 0 atom stereocenters. The van der Waals surface area contributed by atoms with Crippen LogP contribution in [-0.2, 0) is 0 Å². The van der Waals surface area contributed by atoms with Crippen molar-refractivity contribution in [1.82, 2.24) is 19.9 Å². The van der Waals surface area contributed by atoms with E-state index in [0.29, 0.717) is 0 Å². The van der Waals surface area contributed by atoms with Gasteiger partial charge in [-0.3, -0.25) is 0 Å². The first-order valence-corrected chi connectivity index (χ1v) is 8.05. The molecule has 2 heterocycles. The Hall–Kier alpha value is -0.920. The van der Waals surface area contributed by atoms with E-state index in [9.17, 15) is 0 Å². The van der Waals surface area contributed by atoms with Crippen LogP contribution in [0.2, 0.25) is 0 Å². The first-order chi connectivity index (χ1) is 8.94. The molecule has 0 saturated heterocycles. The van der Waals surface area contributed by atoms with Gasteiger partial charge in [0, 0.05) is 12.1 Å². The van der Waals surface area contributed by atoms with Crippen LogP contribution in [0, 0.1) is 0 Å². The highest BCUT2D eigenvalue weighted by atomic mass is 32.2. The quantitative estimate of drug-likeness (QED) is 0.856. The average molecular weight is 297 g/mol. The second kappa shape index (κ2) is 5.60. The summed E-state index contributed by atoms with van der Waals surface area (Å²) in [5, 5.41) is 3.42. The highest BCUT2D eigenvalue weighted by Crippen LogP contribution is 2.31. The van der Waals surface area contributed by atoms with E-state index in [-0.39, 0.29) is 5.54 Å². The highest BCUT2D eigenvalue weighted by molar-refractivity contribution is 8.00. The van der Waals surface area contributed by atoms with Crippen LogP contribution in [0.3, 0.4) is 0 Å². The monoisotopic (exact) mass is 297 g/mol. The van der Waals surface area contributed by atoms with Crippen molar-refractivity contribution >= 4 is 39.3 Å². The van der Waals surface area contributed by atoms with Crippen molar-refractivity contribution in [2.45, 2.75) is 23.7 Å². The standard InChI is InChI=1S/C12H19N5S2/c1-12(2,17(3)4)6-13-9-8-10(15-7-14-9)16-11(18-5)19-8/h7H,6H2,1-5H3,(H,13,14,15). The van der Waals surface area contributed by atoms with E-state index in [2.05, 4.69) is 53.1 Å². The van der Waals surface area contributed by atoms with Crippen LogP contribution in [-0.4, -0.2) is 52.3 Å². The molecular weight excluding hydrogens is 278 g/mol. The minimum absolute atomic E-state index is 0.0598. The van der Waals surface area contributed by atoms with Crippen molar-refractivity contribution in [2.75, 3.05) is 32.2 Å². The molecule has 0 aromatic carbocycles. The molecule has 0 aliphatic carbocycles. The first kappa shape index (κ1) is 14.5. The third kappa shape index (κ3) is 3.16. The van der Waals surface area contributed by atoms with Gasteiger partial charge in [-0.15, -0.1) is 11.3 Å². The van der Waals surface area contributed by atoms with Crippen molar-refractivity contribution < 1.29 is 0 Å². The van der Waals surface area contributed by atoms with E-state index < -0.39 is 0 Å². The first-order valence-electron chi connectivity index (χ1n) is 6.01. The van der Waals surface area contributed by atoms with Gasteiger partial charge in [-0.1, -0.05) is 11.8 Å². The Morgan fingerprint density at radius 1 is 1.37 bits per heavy atom. The van der Waals surface area contributed by atoms with Gasteiger partial charge < -0.3 is 10.2 Å². The van der Waals surface area contributed by atoms with Crippen molar-refractivity contribution in [2.24, 2.45) is 0 Å². The molecule has 2 aromatic rings. The molecule has 2 aromatic heterocycles. The molecule has 0 bridgehead atoms. The number of hydrogen-bond donors (Lipinski definition) is 1. The maximum atomic E-state index is 4.45. The van der Waals surface area contributed by atoms with E-state index in [1.165, 1.54) is 0 Å². The number of hydrogen-bond acceptors (Lipinski definition) is 7. The molecular formula is C12H19N5S2. The van der Waals surface area contributed by atoms with Gasteiger partial charge in [0.25, 0.3) is 0 Å². The fourth-order valence-corrected chi connectivity index (χ4v) is 2.89. The molecule has 0 aliphatic rings. The fraction of sp³-hybridized carbons (Fsp3) is 0.583. The minimum Gasteiger partial charge on any atom is -0.367 e. The van der Waals surface area contributed by atoms with Gasteiger partial charge >= 0.3 is 0 Å². The van der Waals surface area contributed by atoms with Crippen LogP contribution < -0.4 is 5.32 Å². The summed E-state index contributed by atoms with van der Waals surface area (Å²) >= 11 is 3.27. The number of nitrogens with zero attached hydrogens (tertiary/aromatic N) is 4. The largest absolute Gasteiger partial charge is 0.367 e. The number of anilines is 1. The van der Waals surface area contributed by atoms with Gasteiger partial charge in [-0.2, -0.15) is 0 Å². The topological polar surface area (TPSA) is 53.9 Å². The van der Waals surface area contributed by atoms with E-state index in [1.54, 1.807) is 29.4 Å². The summed E-state index contributed by atoms with van der Waals surface area (Å²) in [6, 6.07) is 0. The molecule has 0 unspecified atom stereocenters. The molecule has 0 fully saturated rings. The molecule has 5 nitrogen and oxygen atoms in total. The molecule has 0 saturated carbocycles. The van der Waals surface area contributed by atoms with Crippen molar-refractivity contribution in [1.29, 1.82) is 0 Å². The summed E-state index contributed by atoms with van der Waals surface area (Å²) in [6.07, 6.45) is 3.59. The number of thioether (sulfide) groups is 1. The summed E-state index contributed by atoms with van der Waals surface area (Å²) in [7, 11) is 4.16. The predicted molar refractivity (Wildman–Crippen MR) is 83.2 cm³/mol. The molecule has 0 spiro atoms. The fourth-order valence-electron chi connectivity index (χ4n) is 1.41. The van der Waals surface area contributed by atoms with Gasteiger partial charge in [0.1, 0.15) is 16.8 Å². The molecule has 0 amide bonds. The summed E-state index contributed by atoms with van der Waals surface area (Å²) in [5.41, 5.74) is 0.833. The summed E-state index contributed by atoms with van der Waals surface area (Å²) < 4.78 is 2.05. The molecule has 0 radical (unpaired) electrons. The lowest BCUT2D eigenvalue weighted by atomic mass is 10.0. The van der Waals surface area contributed by atoms with E-state index >= 15 is 0 Å². The maximum absolute atomic E-state index is 4.45. The minimum atomic E-state index is 0.0598. The number of fused-ring (bicyclic) bond motifs is 1. The van der Waals surface area contributed by atoms with Crippen LogP contribution >= 0.6 is 23.1 Å². The van der Waals surface area contributed by atoms with Crippen molar-refractivity contribution in [3.8, 4) is 0 Å². The zero-order chi connectivity index (χ0) is 14.0. The summed E-state index contributed by atoms with van der Waals surface area (Å²) in [6.45, 7) is 5.20. The zero-order valence-electron chi connectivity index (χ0n) is 11.9. The molecule has 1 N–H and O–H groups in total. The third-order valence-corrected chi connectivity index (χ3v) is 5.28. The lowest BCUT2D eigenvalue weighted by Gasteiger charge is -2.32. The van der Waals surface area contributed by atoms with Crippen molar-refractivity contribution in [3.63, 3.8) is 0 Å². The molecule has 19 heavy (non-hydrogen) atoms. The Kier molecular flexibility index (Phi) is 4.27. The van der Waals surface area contributed by atoms with Gasteiger partial charge in [0.15, 0.2) is 9.99 Å². The second-order valence-corrected chi connectivity index (χ2v) is 7.17. The van der Waals surface area contributed by atoms with Gasteiger partial charge in [-0.25, -0.2) is 15.0 Å². The molecule has 7 heteroatoms. The Bertz CT molecular complexity index is 564. The normalized spacial score (nSPS) is 12.3. The molecule has 2 rings (SSSR count). The number of rotatable bonds is 5. The zero-order valence-corrected chi connectivity index (χ0v) is 13.5. The van der Waals surface area contributed by atoms with Crippen LogP contribution in [0.5, 0.6) is 0 Å². The summed E-state index contributed by atoms with van der Waals surface area (Å²) in [4.78, 5) is 15.2.